The van der Waals surface area contributed by atoms with Crippen LogP contribution in [0.4, 0.5) is 10.2 Å². The lowest BCUT2D eigenvalue weighted by atomic mass is 9.76. The van der Waals surface area contributed by atoms with Crippen LogP contribution in [0.3, 0.4) is 0 Å². The molecule has 1 aliphatic carbocycles. The molecule has 1 amide bonds. The summed E-state index contributed by atoms with van der Waals surface area (Å²) < 4.78 is 12.9. The highest BCUT2D eigenvalue weighted by molar-refractivity contribution is 5.97. The molecule has 2 atom stereocenters. The maximum atomic E-state index is 12.9. The van der Waals surface area contributed by atoms with E-state index in [0.29, 0.717) is 18.8 Å². The molecule has 18 heavy (non-hydrogen) atoms. The normalized spacial score (nSPS) is 27.8. The van der Waals surface area contributed by atoms with Gasteiger partial charge >= 0.3 is 0 Å². The zero-order valence-electron chi connectivity index (χ0n) is 10.4. The van der Waals surface area contributed by atoms with Gasteiger partial charge in [0.15, 0.2) is 0 Å². The van der Waals surface area contributed by atoms with Crippen molar-refractivity contribution in [1.29, 1.82) is 0 Å². The number of halogens is 1. The van der Waals surface area contributed by atoms with Gasteiger partial charge in [-0.3, -0.25) is 4.79 Å². The van der Waals surface area contributed by atoms with Crippen molar-refractivity contribution in [3.8, 4) is 0 Å². The van der Waals surface area contributed by atoms with Crippen LogP contribution in [0.2, 0.25) is 0 Å². The third-order valence-electron chi connectivity index (χ3n) is 3.44. The molecular weight excluding hydrogens is 233 g/mol. The Balaban J connectivity index is 2.07. The molecule has 0 aliphatic heterocycles. The van der Waals surface area contributed by atoms with E-state index in [1.807, 2.05) is 0 Å². The van der Waals surface area contributed by atoms with Crippen LogP contribution >= 0.6 is 0 Å². The van der Waals surface area contributed by atoms with Crippen LogP contribution in [0.15, 0.2) is 18.2 Å². The maximum Gasteiger partial charge on any atom is 0.245 e. The molecule has 0 radical (unpaired) electrons. The highest BCUT2D eigenvalue weighted by Gasteiger charge is 2.38. The van der Waals surface area contributed by atoms with Crippen molar-refractivity contribution in [2.45, 2.75) is 38.1 Å². The molecule has 5 heteroatoms. The quantitative estimate of drug-likeness (QED) is 0.791. The zero-order chi connectivity index (χ0) is 13.2. The summed E-state index contributed by atoms with van der Waals surface area (Å²) in [4.78, 5) is 15.8. The molecule has 1 aromatic heterocycles. The van der Waals surface area contributed by atoms with Gasteiger partial charge in [0.2, 0.25) is 11.9 Å². The number of carbonyl (C=O) groups excluding carboxylic acids is 1. The van der Waals surface area contributed by atoms with Gasteiger partial charge in [-0.1, -0.05) is 25.8 Å². The van der Waals surface area contributed by atoms with E-state index in [0.717, 1.165) is 12.8 Å². The lowest BCUT2D eigenvalue weighted by Crippen LogP contribution is -2.53. The number of hydrogen-bond donors (Lipinski definition) is 2. The van der Waals surface area contributed by atoms with E-state index in [1.54, 1.807) is 6.07 Å². The Hall–Kier alpha value is -1.49. The van der Waals surface area contributed by atoms with E-state index < -0.39 is 11.5 Å². The number of aromatic nitrogens is 1. The molecule has 1 aromatic rings. The SMILES string of the molecule is CC1CCCC(N)(C(=O)Nc2cccc(F)n2)C1. The third kappa shape index (κ3) is 2.85. The van der Waals surface area contributed by atoms with Crippen LogP contribution in [0, 0.1) is 11.9 Å². The second-order valence-electron chi connectivity index (χ2n) is 5.16. The highest BCUT2D eigenvalue weighted by Crippen LogP contribution is 2.31. The van der Waals surface area contributed by atoms with Gasteiger partial charge in [0.05, 0.1) is 5.54 Å². The summed E-state index contributed by atoms with van der Waals surface area (Å²) in [6.07, 6.45) is 3.37. The molecule has 1 saturated carbocycles. The first-order chi connectivity index (χ1) is 8.49. The minimum atomic E-state index is -0.855. The molecule has 1 fully saturated rings. The third-order valence-corrected chi connectivity index (χ3v) is 3.44. The fourth-order valence-corrected chi connectivity index (χ4v) is 2.52. The van der Waals surface area contributed by atoms with E-state index in [2.05, 4.69) is 17.2 Å². The van der Waals surface area contributed by atoms with Gasteiger partial charge in [0.1, 0.15) is 5.82 Å². The van der Waals surface area contributed by atoms with Crippen LogP contribution < -0.4 is 11.1 Å². The predicted molar refractivity (Wildman–Crippen MR) is 67.4 cm³/mol. The predicted octanol–water partition coefficient (Wildman–Crippen LogP) is 2.07. The van der Waals surface area contributed by atoms with Crippen molar-refractivity contribution in [2.75, 3.05) is 5.32 Å². The van der Waals surface area contributed by atoms with Crippen molar-refractivity contribution in [2.24, 2.45) is 11.7 Å². The average molecular weight is 251 g/mol. The number of carbonyl (C=O) groups is 1. The molecule has 0 spiro atoms. The van der Waals surface area contributed by atoms with Gasteiger partial charge in [-0.25, -0.2) is 4.98 Å². The van der Waals surface area contributed by atoms with Crippen LogP contribution in [0.25, 0.3) is 0 Å². The summed E-state index contributed by atoms with van der Waals surface area (Å²) in [6.45, 7) is 2.09. The Morgan fingerprint density at radius 3 is 3.06 bits per heavy atom. The van der Waals surface area contributed by atoms with Crippen LogP contribution in [0.5, 0.6) is 0 Å². The number of rotatable bonds is 2. The zero-order valence-corrected chi connectivity index (χ0v) is 10.4. The number of pyridine rings is 1. The van der Waals surface area contributed by atoms with E-state index in [-0.39, 0.29) is 11.7 Å². The number of anilines is 1. The summed E-state index contributed by atoms with van der Waals surface area (Å²) in [7, 11) is 0. The summed E-state index contributed by atoms with van der Waals surface area (Å²) >= 11 is 0. The molecule has 1 aliphatic rings. The van der Waals surface area contributed by atoms with Gasteiger partial charge in [-0.05, 0) is 30.9 Å². The van der Waals surface area contributed by atoms with Crippen LogP contribution in [0.1, 0.15) is 32.6 Å². The Labute approximate surface area is 106 Å². The smallest absolute Gasteiger partial charge is 0.245 e. The first kappa shape index (κ1) is 13.0. The molecule has 3 N–H and O–H groups in total. The van der Waals surface area contributed by atoms with Crippen molar-refractivity contribution in [3.05, 3.63) is 24.1 Å². The molecule has 2 rings (SSSR count). The highest BCUT2D eigenvalue weighted by atomic mass is 19.1. The molecule has 2 unspecified atom stereocenters. The van der Waals surface area contributed by atoms with E-state index in [9.17, 15) is 9.18 Å². The van der Waals surface area contributed by atoms with Gasteiger partial charge < -0.3 is 11.1 Å². The first-order valence-corrected chi connectivity index (χ1v) is 6.22. The fraction of sp³-hybridized carbons (Fsp3) is 0.538. The average Bonchev–Trinajstić information content (AvgIpc) is 2.28. The summed E-state index contributed by atoms with van der Waals surface area (Å²) in [5.41, 5.74) is 5.29. The number of nitrogens with two attached hydrogens (primary N) is 1. The Kier molecular flexibility index (Phi) is 3.61. The number of nitrogens with one attached hydrogen (secondary N) is 1. The van der Waals surface area contributed by atoms with E-state index in [4.69, 9.17) is 5.73 Å². The lowest BCUT2D eigenvalue weighted by Gasteiger charge is -2.35. The lowest BCUT2D eigenvalue weighted by molar-refractivity contribution is -0.122. The summed E-state index contributed by atoms with van der Waals surface area (Å²) in [5, 5.41) is 2.60. The van der Waals surface area contributed by atoms with Crippen molar-refractivity contribution < 1.29 is 9.18 Å². The second kappa shape index (κ2) is 5.02. The molecule has 0 aromatic carbocycles. The topological polar surface area (TPSA) is 68.0 Å². The number of nitrogens with zero attached hydrogens (tertiary/aromatic N) is 1. The van der Waals surface area contributed by atoms with Crippen LogP contribution in [-0.4, -0.2) is 16.4 Å². The number of amides is 1. The molecular formula is C13H18FN3O. The molecule has 0 saturated heterocycles. The largest absolute Gasteiger partial charge is 0.317 e. The van der Waals surface area contributed by atoms with Gasteiger partial charge in [0.25, 0.3) is 0 Å². The monoisotopic (exact) mass is 251 g/mol. The molecule has 1 heterocycles. The van der Waals surface area contributed by atoms with E-state index >= 15 is 0 Å². The number of hydrogen-bond acceptors (Lipinski definition) is 3. The Bertz CT molecular complexity index is 452. The molecule has 4 nitrogen and oxygen atoms in total. The minimum Gasteiger partial charge on any atom is -0.317 e. The van der Waals surface area contributed by atoms with Gasteiger partial charge in [0, 0.05) is 0 Å². The fourth-order valence-electron chi connectivity index (χ4n) is 2.52. The minimum absolute atomic E-state index is 0.211. The van der Waals surface area contributed by atoms with Gasteiger partial charge in [-0.2, -0.15) is 4.39 Å². The van der Waals surface area contributed by atoms with Crippen LogP contribution in [-0.2, 0) is 4.79 Å². The Morgan fingerprint density at radius 2 is 2.39 bits per heavy atom. The maximum absolute atomic E-state index is 12.9. The second-order valence-corrected chi connectivity index (χ2v) is 5.16. The van der Waals surface area contributed by atoms with Crippen molar-refractivity contribution in [3.63, 3.8) is 0 Å². The van der Waals surface area contributed by atoms with Crippen molar-refractivity contribution in [1.82, 2.24) is 4.98 Å². The summed E-state index contributed by atoms with van der Waals surface area (Å²) in [6, 6.07) is 4.29. The standard InChI is InChI=1S/C13H18FN3O/c1-9-4-3-7-13(15,8-9)12(18)17-11-6-2-5-10(14)16-11/h2,5-6,9H,3-4,7-8,15H2,1H3,(H,16,17,18). The molecule has 0 bridgehead atoms. The molecule has 98 valence electrons. The summed E-state index contributed by atoms with van der Waals surface area (Å²) in [5.74, 6) is -0.235. The van der Waals surface area contributed by atoms with Gasteiger partial charge in [-0.15, -0.1) is 0 Å². The van der Waals surface area contributed by atoms with E-state index in [1.165, 1.54) is 12.1 Å². The first-order valence-electron chi connectivity index (χ1n) is 6.22. The van der Waals surface area contributed by atoms with Crippen molar-refractivity contribution >= 4 is 11.7 Å². The Morgan fingerprint density at radius 1 is 1.61 bits per heavy atom.